The Morgan fingerprint density at radius 1 is 1.05 bits per heavy atom. The standard InChI is InChI=1S/C16H14BrClO3/c1-9-4-10(6-11(18)5-9)16(19)12-7-15(21-3)13(17)8-14(12)20-2/h4-8H,1-3H3. The summed E-state index contributed by atoms with van der Waals surface area (Å²) in [5.41, 5.74) is 1.87. The Labute approximate surface area is 137 Å². The van der Waals surface area contributed by atoms with Crippen molar-refractivity contribution in [1.82, 2.24) is 0 Å². The van der Waals surface area contributed by atoms with Crippen LogP contribution in [0.25, 0.3) is 0 Å². The minimum atomic E-state index is -0.164. The van der Waals surface area contributed by atoms with Gasteiger partial charge in [0.1, 0.15) is 11.5 Å². The lowest BCUT2D eigenvalue weighted by Gasteiger charge is -2.12. The third-order valence-electron chi connectivity index (χ3n) is 3.02. The van der Waals surface area contributed by atoms with Crippen LogP contribution in [0.1, 0.15) is 21.5 Å². The number of rotatable bonds is 4. The van der Waals surface area contributed by atoms with E-state index in [0.29, 0.717) is 27.6 Å². The number of benzene rings is 2. The number of hydrogen-bond donors (Lipinski definition) is 0. The van der Waals surface area contributed by atoms with Gasteiger partial charge in [0, 0.05) is 10.6 Å². The molecule has 0 radical (unpaired) electrons. The number of methoxy groups -OCH3 is 2. The number of ether oxygens (including phenoxy) is 2. The summed E-state index contributed by atoms with van der Waals surface area (Å²) in [4.78, 5) is 12.7. The Hall–Kier alpha value is -1.52. The summed E-state index contributed by atoms with van der Waals surface area (Å²) in [7, 11) is 3.07. The summed E-state index contributed by atoms with van der Waals surface area (Å²) in [6.07, 6.45) is 0. The van der Waals surface area contributed by atoms with Crippen LogP contribution in [-0.4, -0.2) is 20.0 Å². The molecule has 110 valence electrons. The molecule has 0 saturated carbocycles. The number of aryl methyl sites for hydroxylation is 1. The van der Waals surface area contributed by atoms with Gasteiger partial charge in [-0.25, -0.2) is 0 Å². The Balaban J connectivity index is 2.56. The van der Waals surface area contributed by atoms with Crippen molar-refractivity contribution in [2.24, 2.45) is 0 Å². The van der Waals surface area contributed by atoms with Crippen LogP contribution in [0.15, 0.2) is 34.8 Å². The van der Waals surface area contributed by atoms with Crippen LogP contribution in [0.5, 0.6) is 11.5 Å². The molecule has 0 amide bonds. The highest BCUT2D eigenvalue weighted by molar-refractivity contribution is 9.10. The van der Waals surface area contributed by atoms with Crippen LogP contribution in [0.3, 0.4) is 0 Å². The Morgan fingerprint density at radius 3 is 2.29 bits per heavy atom. The predicted octanol–water partition coefficient (Wildman–Crippen LogP) is 4.66. The Bertz CT molecular complexity index is 678. The molecule has 0 aliphatic heterocycles. The summed E-state index contributed by atoms with van der Waals surface area (Å²) in [5, 5.41) is 0.529. The molecule has 2 rings (SSSR count). The molecule has 0 spiro atoms. The van der Waals surface area contributed by atoms with Crippen molar-refractivity contribution >= 4 is 33.3 Å². The van der Waals surface area contributed by atoms with E-state index >= 15 is 0 Å². The van der Waals surface area contributed by atoms with Crippen molar-refractivity contribution in [2.45, 2.75) is 6.92 Å². The van der Waals surface area contributed by atoms with Gasteiger partial charge in [0.15, 0.2) is 5.78 Å². The summed E-state index contributed by atoms with van der Waals surface area (Å²) in [6, 6.07) is 8.61. The topological polar surface area (TPSA) is 35.5 Å². The summed E-state index contributed by atoms with van der Waals surface area (Å²) < 4.78 is 11.3. The molecule has 0 aromatic heterocycles. The predicted molar refractivity (Wildman–Crippen MR) is 86.9 cm³/mol. The van der Waals surface area contributed by atoms with Crippen LogP contribution in [0.2, 0.25) is 5.02 Å². The third kappa shape index (κ3) is 3.39. The first-order valence-electron chi connectivity index (χ1n) is 6.19. The maximum atomic E-state index is 12.7. The molecule has 0 fully saturated rings. The van der Waals surface area contributed by atoms with Gasteiger partial charge in [-0.15, -0.1) is 0 Å². The Morgan fingerprint density at radius 2 is 1.71 bits per heavy atom. The van der Waals surface area contributed by atoms with Crippen molar-refractivity contribution < 1.29 is 14.3 Å². The van der Waals surface area contributed by atoms with Crippen LogP contribution < -0.4 is 9.47 Å². The fourth-order valence-electron chi connectivity index (χ4n) is 2.06. The van der Waals surface area contributed by atoms with E-state index in [1.807, 2.05) is 6.92 Å². The first kappa shape index (κ1) is 15.9. The molecule has 2 aromatic carbocycles. The maximum Gasteiger partial charge on any atom is 0.196 e. The SMILES string of the molecule is COc1cc(C(=O)c2cc(C)cc(Cl)c2)c(OC)cc1Br. The molecule has 0 unspecified atom stereocenters. The van der Waals surface area contributed by atoms with E-state index in [1.54, 1.807) is 37.4 Å². The minimum absolute atomic E-state index is 0.164. The monoisotopic (exact) mass is 368 g/mol. The lowest BCUT2D eigenvalue weighted by atomic mass is 10.0. The average molecular weight is 370 g/mol. The van der Waals surface area contributed by atoms with E-state index in [1.165, 1.54) is 7.11 Å². The second kappa shape index (κ2) is 6.50. The van der Waals surface area contributed by atoms with Gasteiger partial charge in [0.25, 0.3) is 0 Å². The molecular formula is C16H14BrClO3. The number of carbonyl (C=O) groups is 1. The smallest absolute Gasteiger partial charge is 0.196 e. The number of carbonyl (C=O) groups excluding carboxylic acids is 1. The first-order chi connectivity index (χ1) is 9.96. The highest BCUT2D eigenvalue weighted by atomic mass is 79.9. The second-order valence-corrected chi connectivity index (χ2v) is 5.82. The number of halogens is 2. The van der Waals surface area contributed by atoms with E-state index in [0.717, 1.165) is 10.0 Å². The third-order valence-corrected chi connectivity index (χ3v) is 3.86. The summed E-state index contributed by atoms with van der Waals surface area (Å²) in [6.45, 7) is 1.89. The van der Waals surface area contributed by atoms with Gasteiger partial charge >= 0.3 is 0 Å². The van der Waals surface area contributed by atoms with Crippen LogP contribution in [0, 0.1) is 6.92 Å². The van der Waals surface area contributed by atoms with E-state index < -0.39 is 0 Å². The van der Waals surface area contributed by atoms with Crippen molar-refractivity contribution in [3.8, 4) is 11.5 Å². The highest BCUT2D eigenvalue weighted by Crippen LogP contribution is 2.34. The van der Waals surface area contributed by atoms with Crippen molar-refractivity contribution in [1.29, 1.82) is 0 Å². The average Bonchev–Trinajstić information content (AvgIpc) is 2.45. The van der Waals surface area contributed by atoms with E-state index in [4.69, 9.17) is 21.1 Å². The molecule has 0 saturated heterocycles. The molecule has 21 heavy (non-hydrogen) atoms. The molecule has 3 nitrogen and oxygen atoms in total. The fraction of sp³-hybridized carbons (Fsp3) is 0.188. The normalized spacial score (nSPS) is 10.3. The van der Waals surface area contributed by atoms with E-state index in [2.05, 4.69) is 15.9 Å². The van der Waals surface area contributed by atoms with Gasteiger partial charge in [-0.05, 0) is 58.7 Å². The van der Waals surface area contributed by atoms with Crippen molar-refractivity contribution in [3.63, 3.8) is 0 Å². The van der Waals surface area contributed by atoms with Gasteiger partial charge in [0.05, 0.1) is 24.3 Å². The van der Waals surface area contributed by atoms with Gasteiger partial charge in [-0.2, -0.15) is 0 Å². The molecule has 0 N–H and O–H groups in total. The zero-order valence-electron chi connectivity index (χ0n) is 11.9. The summed E-state index contributed by atoms with van der Waals surface area (Å²) in [5.74, 6) is 0.881. The van der Waals surface area contributed by atoms with Gasteiger partial charge < -0.3 is 9.47 Å². The molecule has 0 aliphatic rings. The minimum Gasteiger partial charge on any atom is -0.496 e. The van der Waals surface area contributed by atoms with Crippen LogP contribution >= 0.6 is 27.5 Å². The molecule has 2 aromatic rings. The van der Waals surface area contributed by atoms with E-state index in [9.17, 15) is 4.79 Å². The maximum absolute atomic E-state index is 12.7. The number of ketones is 1. The van der Waals surface area contributed by atoms with Gasteiger partial charge in [-0.1, -0.05) is 11.6 Å². The van der Waals surface area contributed by atoms with Gasteiger partial charge in [-0.3, -0.25) is 4.79 Å². The largest absolute Gasteiger partial charge is 0.496 e. The van der Waals surface area contributed by atoms with Crippen molar-refractivity contribution in [3.05, 3.63) is 56.5 Å². The number of hydrogen-bond acceptors (Lipinski definition) is 3. The fourth-order valence-corrected chi connectivity index (χ4v) is 2.83. The van der Waals surface area contributed by atoms with E-state index in [-0.39, 0.29) is 5.78 Å². The molecule has 0 atom stereocenters. The van der Waals surface area contributed by atoms with Crippen LogP contribution in [-0.2, 0) is 0 Å². The van der Waals surface area contributed by atoms with Crippen molar-refractivity contribution in [2.75, 3.05) is 14.2 Å². The lowest BCUT2D eigenvalue weighted by Crippen LogP contribution is -2.05. The molecule has 0 heterocycles. The first-order valence-corrected chi connectivity index (χ1v) is 7.36. The quantitative estimate of drug-likeness (QED) is 0.735. The highest BCUT2D eigenvalue weighted by Gasteiger charge is 2.18. The van der Waals surface area contributed by atoms with Crippen LogP contribution in [0.4, 0.5) is 0 Å². The molecule has 5 heteroatoms. The Kier molecular flexibility index (Phi) is 4.91. The van der Waals surface area contributed by atoms with Gasteiger partial charge in [0.2, 0.25) is 0 Å². The zero-order valence-corrected chi connectivity index (χ0v) is 14.2. The molecular weight excluding hydrogens is 356 g/mol. The molecule has 0 bridgehead atoms. The lowest BCUT2D eigenvalue weighted by molar-refractivity contribution is 0.103. The second-order valence-electron chi connectivity index (χ2n) is 4.53. The molecule has 0 aliphatic carbocycles. The zero-order chi connectivity index (χ0) is 15.6. The summed E-state index contributed by atoms with van der Waals surface area (Å²) >= 11 is 9.40.